The molecule has 0 aliphatic carbocycles. The van der Waals surface area contributed by atoms with Crippen molar-refractivity contribution in [3.05, 3.63) is 42.0 Å². The summed E-state index contributed by atoms with van der Waals surface area (Å²) in [6.45, 7) is 10.8. The van der Waals surface area contributed by atoms with Crippen molar-refractivity contribution in [3.63, 3.8) is 0 Å². The fourth-order valence-corrected chi connectivity index (χ4v) is 3.27. The van der Waals surface area contributed by atoms with E-state index >= 15 is 0 Å². The zero-order chi connectivity index (χ0) is 20.5. The van der Waals surface area contributed by atoms with Crippen LogP contribution in [0, 0.1) is 0 Å². The van der Waals surface area contributed by atoms with Crippen molar-refractivity contribution in [2.45, 2.75) is 39.2 Å². The molecule has 1 saturated heterocycles. The van der Waals surface area contributed by atoms with Crippen LogP contribution in [0.3, 0.4) is 0 Å². The Kier molecular flexibility index (Phi) is 8.51. The minimum absolute atomic E-state index is 0.0000653. The third-order valence-corrected chi connectivity index (χ3v) is 4.85. The fraction of sp³-hybridized carbons (Fsp3) is 0.545. The number of benzene rings is 1. The van der Waals surface area contributed by atoms with Crippen LogP contribution in [0.15, 0.2) is 36.4 Å². The Morgan fingerprint density at radius 3 is 2.39 bits per heavy atom. The molecule has 2 amide bonds. The van der Waals surface area contributed by atoms with Gasteiger partial charge in [0.2, 0.25) is 5.91 Å². The van der Waals surface area contributed by atoms with Gasteiger partial charge in [-0.05, 0) is 38.1 Å². The lowest BCUT2D eigenvalue weighted by atomic mass is 10.1. The smallest absolute Gasteiger partial charge is 0.254 e. The number of methoxy groups -OCH3 is 1. The molecule has 1 aromatic rings. The first kappa shape index (κ1) is 22.0. The molecule has 0 radical (unpaired) electrons. The van der Waals surface area contributed by atoms with Crippen LogP contribution in [0.2, 0.25) is 0 Å². The van der Waals surface area contributed by atoms with Crippen molar-refractivity contribution < 1.29 is 19.1 Å². The molecule has 1 fully saturated rings. The normalized spacial score (nSPS) is 14.6. The van der Waals surface area contributed by atoms with E-state index in [4.69, 9.17) is 9.47 Å². The maximum absolute atomic E-state index is 12.6. The first-order chi connectivity index (χ1) is 13.4. The Morgan fingerprint density at radius 1 is 1.21 bits per heavy atom. The quantitative estimate of drug-likeness (QED) is 0.610. The van der Waals surface area contributed by atoms with E-state index in [1.54, 1.807) is 12.0 Å². The van der Waals surface area contributed by atoms with Gasteiger partial charge in [-0.3, -0.25) is 9.59 Å². The summed E-state index contributed by atoms with van der Waals surface area (Å²) in [5.74, 6) is 0.891. The summed E-state index contributed by atoms with van der Waals surface area (Å²) < 4.78 is 11.0. The molecule has 0 unspecified atom stereocenters. The molecule has 0 aromatic heterocycles. The van der Waals surface area contributed by atoms with E-state index in [0.717, 1.165) is 24.2 Å². The molecule has 2 rings (SSSR count). The van der Waals surface area contributed by atoms with Crippen molar-refractivity contribution in [1.82, 2.24) is 9.80 Å². The van der Waals surface area contributed by atoms with E-state index in [1.165, 1.54) is 0 Å². The van der Waals surface area contributed by atoms with Crippen LogP contribution in [0.5, 0.6) is 5.75 Å². The van der Waals surface area contributed by atoms with Crippen molar-refractivity contribution in [3.8, 4) is 5.75 Å². The lowest BCUT2D eigenvalue weighted by molar-refractivity contribution is -0.133. The molecular weight excluding hydrogens is 356 g/mol. The second-order valence-electron chi connectivity index (χ2n) is 7.24. The monoisotopic (exact) mass is 388 g/mol. The Labute approximate surface area is 168 Å². The van der Waals surface area contributed by atoms with Gasteiger partial charge in [0.1, 0.15) is 11.9 Å². The molecule has 1 aliphatic heterocycles. The molecule has 0 bridgehead atoms. The number of ether oxygens (including phenoxy) is 2. The van der Waals surface area contributed by atoms with Crippen LogP contribution in [-0.2, 0) is 9.53 Å². The van der Waals surface area contributed by atoms with Gasteiger partial charge in [-0.25, -0.2) is 0 Å². The lowest BCUT2D eigenvalue weighted by Crippen LogP contribution is -2.42. The summed E-state index contributed by atoms with van der Waals surface area (Å²) in [5.41, 5.74) is 1.61. The summed E-state index contributed by atoms with van der Waals surface area (Å²) in [4.78, 5) is 28.3. The maximum atomic E-state index is 12.6. The highest BCUT2D eigenvalue weighted by Crippen LogP contribution is 2.21. The SMILES string of the molecule is C=C(C)CN(CC)C(=O)c1ccc(OC2CCN(C(=O)CCOC)CC2)cc1. The van der Waals surface area contributed by atoms with Crippen LogP contribution in [0.1, 0.15) is 43.5 Å². The highest BCUT2D eigenvalue weighted by Gasteiger charge is 2.23. The van der Waals surface area contributed by atoms with E-state index < -0.39 is 0 Å². The van der Waals surface area contributed by atoms with Crippen LogP contribution in [0.25, 0.3) is 0 Å². The van der Waals surface area contributed by atoms with Gasteiger partial charge >= 0.3 is 0 Å². The fourth-order valence-electron chi connectivity index (χ4n) is 3.27. The molecule has 1 aliphatic rings. The number of likely N-dealkylation sites (tertiary alicyclic amines) is 1. The molecule has 0 spiro atoms. The highest BCUT2D eigenvalue weighted by atomic mass is 16.5. The minimum atomic E-state index is -0.0000653. The molecule has 0 saturated carbocycles. The van der Waals surface area contributed by atoms with Crippen molar-refractivity contribution >= 4 is 11.8 Å². The number of likely N-dealkylation sites (N-methyl/N-ethyl adjacent to an activating group) is 1. The molecule has 154 valence electrons. The summed E-state index contributed by atoms with van der Waals surface area (Å²) in [7, 11) is 1.60. The zero-order valence-electron chi connectivity index (χ0n) is 17.3. The van der Waals surface area contributed by atoms with E-state index in [2.05, 4.69) is 6.58 Å². The number of nitrogens with zero attached hydrogens (tertiary/aromatic N) is 2. The first-order valence-electron chi connectivity index (χ1n) is 9.91. The van der Waals surface area contributed by atoms with Gasteiger partial charge in [0.15, 0.2) is 0 Å². The third kappa shape index (κ3) is 6.37. The Hall–Kier alpha value is -2.34. The summed E-state index contributed by atoms with van der Waals surface area (Å²) >= 11 is 0. The van der Waals surface area contributed by atoms with E-state index in [1.807, 2.05) is 43.0 Å². The number of rotatable bonds is 9. The van der Waals surface area contributed by atoms with Gasteiger partial charge in [-0.2, -0.15) is 0 Å². The van der Waals surface area contributed by atoms with Gasteiger partial charge in [0.25, 0.3) is 5.91 Å². The molecule has 28 heavy (non-hydrogen) atoms. The minimum Gasteiger partial charge on any atom is -0.490 e. The van der Waals surface area contributed by atoms with Gasteiger partial charge in [-0.1, -0.05) is 12.2 Å². The van der Waals surface area contributed by atoms with Gasteiger partial charge < -0.3 is 19.3 Å². The maximum Gasteiger partial charge on any atom is 0.254 e. The largest absolute Gasteiger partial charge is 0.490 e. The number of amides is 2. The highest BCUT2D eigenvalue weighted by molar-refractivity contribution is 5.94. The molecule has 6 nitrogen and oxygen atoms in total. The number of hydrogen-bond acceptors (Lipinski definition) is 4. The van der Waals surface area contributed by atoms with Crippen molar-refractivity contribution in [1.29, 1.82) is 0 Å². The summed E-state index contributed by atoms with van der Waals surface area (Å²) in [6.07, 6.45) is 2.13. The Bertz CT molecular complexity index is 664. The van der Waals surface area contributed by atoms with Gasteiger partial charge in [-0.15, -0.1) is 0 Å². The Morgan fingerprint density at radius 2 is 1.86 bits per heavy atom. The van der Waals surface area contributed by atoms with Crippen LogP contribution >= 0.6 is 0 Å². The predicted octanol–water partition coefficient (Wildman–Crippen LogP) is 3.13. The second-order valence-corrected chi connectivity index (χ2v) is 7.24. The standard InChI is InChI=1S/C22H32N2O4/c1-5-23(16-17(2)3)22(26)18-6-8-19(9-7-18)28-20-10-13-24(14-11-20)21(25)12-15-27-4/h6-9,20H,2,5,10-16H2,1,3-4H3. The number of carbonyl (C=O) groups excluding carboxylic acids is 2. The molecule has 6 heteroatoms. The van der Waals surface area contributed by atoms with Crippen LogP contribution in [-0.4, -0.2) is 67.6 Å². The second kappa shape index (κ2) is 10.9. The van der Waals surface area contributed by atoms with Gasteiger partial charge in [0, 0.05) is 51.7 Å². The average Bonchev–Trinajstić information content (AvgIpc) is 2.70. The zero-order valence-corrected chi connectivity index (χ0v) is 17.3. The van der Waals surface area contributed by atoms with Crippen LogP contribution < -0.4 is 4.74 Å². The number of carbonyl (C=O) groups is 2. The number of hydrogen-bond donors (Lipinski definition) is 0. The van der Waals surface area contributed by atoms with Crippen LogP contribution in [0.4, 0.5) is 0 Å². The lowest BCUT2D eigenvalue weighted by Gasteiger charge is -2.32. The van der Waals surface area contributed by atoms with Gasteiger partial charge in [0.05, 0.1) is 13.0 Å². The molecule has 0 atom stereocenters. The van der Waals surface area contributed by atoms with E-state index in [0.29, 0.717) is 44.8 Å². The summed E-state index contributed by atoms with van der Waals surface area (Å²) in [5, 5.41) is 0. The number of piperidine rings is 1. The van der Waals surface area contributed by atoms with E-state index in [-0.39, 0.29) is 17.9 Å². The average molecular weight is 389 g/mol. The third-order valence-electron chi connectivity index (χ3n) is 4.85. The Balaban J connectivity index is 1.85. The molecule has 1 aromatic carbocycles. The molecule has 0 N–H and O–H groups in total. The van der Waals surface area contributed by atoms with Crippen molar-refractivity contribution in [2.24, 2.45) is 0 Å². The van der Waals surface area contributed by atoms with E-state index in [9.17, 15) is 9.59 Å². The summed E-state index contributed by atoms with van der Waals surface area (Å²) in [6, 6.07) is 7.31. The predicted molar refractivity (Wildman–Crippen MR) is 110 cm³/mol. The van der Waals surface area contributed by atoms with Crippen molar-refractivity contribution in [2.75, 3.05) is 39.9 Å². The molecule has 1 heterocycles. The first-order valence-corrected chi connectivity index (χ1v) is 9.91. The molecular formula is C22H32N2O4. The topological polar surface area (TPSA) is 59.1 Å².